The molecule has 22 heavy (non-hydrogen) atoms. The van der Waals surface area contributed by atoms with Gasteiger partial charge in [0.25, 0.3) is 0 Å². The van der Waals surface area contributed by atoms with E-state index in [0.717, 1.165) is 27.4 Å². The van der Waals surface area contributed by atoms with E-state index in [-0.39, 0.29) is 5.76 Å². The fraction of sp³-hybridized carbons (Fsp3) is 0.111. The maximum Gasteiger partial charge on any atom is 0.420 e. The zero-order valence-corrected chi connectivity index (χ0v) is 12.1. The summed E-state index contributed by atoms with van der Waals surface area (Å²) < 4.78 is 7.02. The minimum atomic E-state index is -0.332. The first-order valence-electron chi connectivity index (χ1n) is 7.14. The van der Waals surface area contributed by atoms with E-state index in [4.69, 9.17) is 4.42 Å². The lowest BCUT2D eigenvalue weighted by Gasteiger charge is -2.07. The quantitative estimate of drug-likeness (QED) is 0.567. The Kier molecular flexibility index (Phi) is 2.82. The van der Waals surface area contributed by atoms with E-state index < -0.39 is 0 Å². The molecule has 0 aliphatic rings. The van der Waals surface area contributed by atoms with Gasteiger partial charge in [-0.25, -0.2) is 4.79 Å². The van der Waals surface area contributed by atoms with Crippen molar-refractivity contribution in [3.05, 3.63) is 76.5 Å². The molecule has 0 fully saturated rings. The molecule has 4 nitrogen and oxygen atoms in total. The van der Waals surface area contributed by atoms with Gasteiger partial charge in [-0.05, 0) is 41.6 Å². The summed E-state index contributed by atoms with van der Waals surface area (Å²) in [5.41, 5.74) is 3.57. The normalized spacial score (nSPS) is 11.3. The fourth-order valence-electron chi connectivity index (χ4n) is 2.81. The SMILES string of the molecule is Cc1ccc2c(c1)oc(=O)n2Cc1cccc2ccncc12. The molecule has 0 aliphatic heterocycles. The Morgan fingerprint density at radius 3 is 3.00 bits per heavy atom. The average Bonchev–Trinajstić information content (AvgIpc) is 2.83. The molecule has 4 heteroatoms. The monoisotopic (exact) mass is 290 g/mol. The van der Waals surface area contributed by atoms with Crippen molar-refractivity contribution in [2.75, 3.05) is 0 Å². The van der Waals surface area contributed by atoms with Gasteiger partial charge in [0.1, 0.15) is 0 Å². The molecule has 0 saturated heterocycles. The van der Waals surface area contributed by atoms with Crippen molar-refractivity contribution in [3.8, 4) is 0 Å². The number of pyridine rings is 1. The summed E-state index contributed by atoms with van der Waals surface area (Å²) in [6.07, 6.45) is 3.61. The third-order valence-corrected chi connectivity index (χ3v) is 3.93. The van der Waals surface area contributed by atoms with Gasteiger partial charge in [-0.1, -0.05) is 24.3 Å². The molecule has 4 aromatic rings. The topological polar surface area (TPSA) is 48.0 Å². The number of nitrogens with zero attached hydrogens (tertiary/aromatic N) is 2. The van der Waals surface area contributed by atoms with E-state index in [1.165, 1.54) is 0 Å². The van der Waals surface area contributed by atoms with Gasteiger partial charge in [0.15, 0.2) is 5.58 Å². The van der Waals surface area contributed by atoms with Gasteiger partial charge in [-0.2, -0.15) is 0 Å². The van der Waals surface area contributed by atoms with Gasteiger partial charge in [-0.3, -0.25) is 9.55 Å². The maximum absolute atomic E-state index is 12.2. The van der Waals surface area contributed by atoms with Gasteiger partial charge in [0, 0.05) is 17.8 Å². The first-order valence-corrected chi connectivity index (χ1v) is 7.14. The summed E-state index contributed by atoms with van der Waals surface area (Å²) in [6, 6.07) is 13.8. The van der Waals surface area contributed by atoms with E-state index >= 15 is 0 Å². The molecule has 0 aliphatic carbocycles. The van der Waals surface area contributed by atoms with Crippen LogP contribution in [0.15, 0.2) is 64.1 Å². The first kappa shape index (κ1) is 12.8. The zero-order chi connectivity index (χ0) is 15.1. The van der Waals surface area contributed by atoms with Crippen molar-refractivity contribution in [2.24, 2.45) is 0 Å². The summed E-state index contributed by atoms with van der Waals surface area (Å²) in [4.78, 5) is 16.4. The second-order valence-corrected chi connectivity index (χ2v) is 5.44. The molecular weight excluding hydrogens is 276 g/mol. The maximum atomic E-state index is 12.2. The third kappa shape index (κ3) is 2.00. The van der Waals surface area contributed by atoms with Gasteiger partial charge in [-0.15, -0.1) is 0 Å². The Morgan fingerprint density at radius 1 is 1.18 bits per heavy atom. The van der Waals surface area contributed by atoms with E-state index in [9.17, 15) is 4.79 Å². The van der Waals surface area contributed by atoms with Crippen molar-refractivity contribution < 1.29 is 4.42 Å². The van der Waals surface area contributed by atoms with Gasteiger partial charge >= 0.3 is 5.76 Å². The molecule has 2 aromatic heterocycles. The van der Waals surface area contributed by atoms with Crippen LogP contribution in [0.25, 0.3) is 21.9 Å². The number of hydrogen-bond acceptors (Lipinski definition) is 3. The van der Waals surface area contributed by atoms with E-state index in [2.05, 4.69) is 4.98 Å². The third-order valence-electron chi connectivity index (χ3n) is 3.93. The number of oxazole rings is 1. The summed E-state index contributed by atoms with van der Waals surface area (Å²) in [5, 5.41) is 2.17. The number of fused-ring (bicyclic) bond motifs is 2. The summed E-state index contributed by atoms with van der Waals surface area (Å²) in [5.74, 6) is -0.332. The van der Waals surface area contributed by atoms with Crippen LogP contribution in [-0.2, 0) is 6.54 Å². The van der Waals surface area contributed by atoms with Crippen LogP contribution in [0.4, 0.5) is 0 Å². The smallest absolute Gasteiger partial charge is 0.408 e. The van der Waals surface area contributed by atoms with Crippen LogP contribution in [0.1, 0.15) is 11.1 Å². The molecule has 0 N–H and O–H groups in total. The van der Waals surface area contributed by atoms with Crippen LogP contribution in [0.5, 0.6) is 0 Å². The largest absolute Gasteiger partial charge is 0.420 e. The lowest BCUT2D eigenvalue weighted by molar-refractivity contribution is 0.518. The van der Waals surface area contributed by atoms with Crippen molar-refractivity contribution >= 4 is 21.9 Å². The second kappa shape index (κ2) is 4.84. The number of aryl methyl sites for hydroxylation is 1. The molecule has 0 saturated carbocycles. The summed E-state index contributed by atoms with van der Waals surface area (Å²) in [7, 11) is 0. The van der Waals surface area contributed by atoms with Crippen molar-refractivity contribution in [3.63, 3.8) is 0 Å². The Morgan fingerprint density at radius 2 is 2.09 bits per heavy atom. The van der Waals surface area contributed by atoms with Crippen molar-refractivity contribution in [2.45, 2.75) is 13.5 Å². The Balaban J connectivity index is 1.90. The summed E-state index contributed by atoms with van der Waals surface area (Å²) in [6.45, 7) is 2.45. The second-order valence-electron chi connectivity index (χ2n) is 5.44. The molecule has 4 rings (SSSR count). The van der Waals surface area contributed by atoms with E-state index in [0.29, 0.717) is 12.1 Å². The molecule has 0 amide bonds. The molecule has 0 radical (unpaired) electrons. The number of hydrogen-bond donors (Lipinski definition) is 0. The molecule has 2 aromatic carbocycles. The van der Waals surface area contributed by atoms with Crippen molar-refractivity contribution in [1.82, 2.24) is 9.55 Å². The first-order chi connectivity index (χ1) is 10.7. The van der Waals surface area contributed by atoms with Gasteiger partial charge in [0.2, 0.25) is 0 Å². The van der Waals surface area contributed by atoms with Crippen molar-refractivity contribution in [1.29, 1.82) is 0 Å². The van der Waals surface area contributed by atoms with Gasteiger partial charge < -0.3 is 4.42 Å². The Bertz CT molecular complexity index is 1040. The van der Waals surface area contributed by atoms with Crippen LogP contribution in [0.2, 0.25) is 0 Å². The molecule has 0 unspecified atom stereocenters. The van der Waals surface area contributed by atoms with Crippen LogP contribution < -0.4 is 5.76 Å². The highest BCUT2D eigenvalue weighted by Gasteiger charge is 2.11. The highest BCUT2D eigenvalue weighted by molar-refractivity contribution is 5.85. The van der Waals surface area contributed by atoms with Crippen LogP contribution in [0, 0.1) is 6.92 Å². The number of benzene rings is 2. The van der Waals surface area contributed by atoms with Crippen LogP contribution in [-0.4, -0.2) is 9.55 Å². The minimum absolute atomic E-state index is 0.332. The van der Waals surface area contributed by atoms with Crippen LogP contribution >= 0.6 is 0 Å². The molecule has 2 heterocycles. The lowest BCUT2D eigenvalue weighted by Crippen LogP contribution is -2.15. The number of rotatable bonds is 2. The fourth-order valence-corrected chi connectivity index (χ4v) is 2.81. The van der Waals surface area contributed by atoms with E-state index in [1.54, 1.807) is 10.8 Å². The molecule has 0 bridgehead atoms. The molecule has 108 valence electrons. The predicted octanol–water partition coefficient (Wildman–Crippen LogP) is 3.50. The minimum Gasteiger partial charge on any atom is -0.408 e. The van der Waals surface area contributed by atoms with E-state index in [1.807, 2.05) is 55.6 Å². The van der Waals surface area contributed by atoms with Crippen LogP contribution in [0.3, 0.4) is 0 Å². The molecule has 0 spiro atoms. The molecule has 0 atom stereocenters. The highest BCUT2D eigenvalue weighted by atomic mass is 16.4. The molecular formula is C18H14N2O2. The summed E-state index contributed by atoms with van der Waals surface area (Å²) >= 11 is 0. The number of aromatic nitrogens is 2. The van der Waals surface area contributed by atoms with Gasteiger partial charge in [0.05, 0.1) is 12.1 Å². The Labute approximate surface area is 126 Å². The highest BCUT2D eigenvalue weighted by Crippen LogP contribution is 2.20. The lowest BCUT2D eigenvalue weighted by atomic mass is 10.1. The average molecular weight is 290 g/mol. The standard InChI is InChI=1S/C18H14N2O2/c1-12-5-6-16-17(9-12)22-18(21)20(16)11-14-4-2-3-13-7-8-19-10-15(13)14/h2-10H,11H2,1H3. The zero-order valence-electron chi connectivity index (χ0n) is 12.1. The predicted molar refractivity (Wildman–Crippen MR) is 86.1 cm³/mol. The Hall–Kier alpha value is -2.88.